The molecule has 2 N–H and O–H groups in total. The van der Waals surface area contributed by atoms with Crippen LogP contribution in [0.4, 0.5) is 5.69 Å². The molecule has 1 aromatic rings. The Hall–Kier alpha value is -2.08. The van der Waals surface area contributed by atoms with Gasteiger partial charge in [0.2, 0.25) is 11.8 Å². The quantitative estimate of drug-likeness (QED) is 0.808. The highest BCUT2D eigenvalue weighted by atomic mass is 35.5. The highest BCUT2D eigenvalue weighted by Crippen LogP contribution is 2.24. The van der Waals surface area contributed by atoms with E-state index >= 15 is 0 Å². The maximum atomic E-state index is 12.0. The van der Waals surface area contributed by atoms with Crippen LogP contribution in [-0.2, 0) is 14.3 Å². The Morgan fingerprint density at radius 2 is 2.17 bits per heavy atom. The molecule has 0 aromatic heterocycles. The summed E-state index contributed by atoms with van der Waals surface area (Å²) in [7, 11) is 0. The lowest BCUT2D eigenvalue weighted by molar-refractivity contribution is -0.119. The molecular formula is C16H19ClN2O4. The van der Waals surface area contributed by atoms with Crippen LogP contribution >= 0.6 is 11.6 Å². The van der Waals surface area contributed by atoms with Gasteiger partial charge in [-0.25, -0.2) is 4.79 Å². The Kier molecular flexibility index (Phi) is 5.60. The van der Waals surface area contributed by atoms with E-state index in [1.165, 1.54) is 12.1 Å². The average Bonchev–Trinajstić information content (AvgIpc) is 2.85. The second kappa shape index (κ2) is 7.46. The fourth-order valence-corrected chi connectivity index (χ4v) is 2.45. The molecule has 1 aliphatic rings. The highest BCUT2D eigenvalue weighted by molar-refractivity contribution is 6.33. The number of nitrogens with one attached hydrogen (secondary N) is 2. The summed E-state index contributed by atoms with van der Waals surface area (Å²) >= 11 is 6.05. The Morgan fingerprint density at radius 1 is 1.43 bits per heavy atom. The molecule has 7 heteroatoms. The number of benzene rings is 1. The van der Waals surface area contributed by atoms with E-state index in [2.05, 4.69) is 10.6 Å². The van der Waals surface area contributed by atoms with Crippen LogP contribution in [0.15, 0.2) is 18.2 Å². The molecule has 6 nitrogen and oxygen atoms in total. The van der Waals surface area contributed by atoms with Gasteiger partial charge in [-0.1, -0.05) is 11.6 Å². The summed E-state index contributed by atoms with van der Waals surface area (Å²) < 4.78 is 5.11. The lowest BCUT2D eigenvalue weighted by Gasteiger charge is -2.13. The van der Waals surface area contributed by atoms with E-state index < -0.39 is 5.97 Å². The van der Waals surface area contributed by atoms with Crippen LogP contribution in [-0.4, -0.2) is 29.9 Å². The van der Waals surface area contributed by atoms with E-state index in [9.17, 15) is 14.4 Å². The number of esters is 1. The van der Waals surface area contributed by atoms with Gasteiger partial charge in [-0.15, -0.1) is 0 Å². The third-order valence-electron chi connectivity index (χ3n) is 3.34. The second-order valence-corrected chi connectivity index (χ2v) is 6.11. The fourth-order valence-electron chi connectivity index (χ4n) is 2.29. The summed E-state index contributed by atoms with van der Waals surface area (Å²) in [6.07, 6.45) is 1.01. The van der Waals surface area contributed by atoms with Gasteiger partial charge in [-0.3, -0.25) is 9.59 Å². The number of hydrogen-bond acceptors (Lipinski definition) is 4. The summed E-state index contributed by atoms with van der Waals surface area (Å²) in [5.41, 5.74) is 0.659. The zero-order valence-corrected chi connectivity index (χ0v) is 13.8. The van der Waals surface area contributed by atoms with Gasteiger partial charge in [0.15, 0.2) is 0 Å². The molecule has 1 heterocycles. The Balaban J connectivity index is 2.02. The molecule has 124 valence electrons. The van der Waals surface area contributed by atoms with Gasteiger partial charge in [-0.2, -0.15) is 0 Å². The Bertz CT molecular complexity index is 631. The summed E-state index contributed by atoms with van der Waals surface area (Å²) in [5.74, 6) is -0.789. The third kappa shape index (κ3) is 4.96. The molecule has 1 aliphatic heterocycles. The molecule has 0 saturated carbocycles. The lowest BCUT2D eigenvalue weighted by Crippen LogP contribution is -2.30. The van der Waals surface area contributed by atoms with Gasteiger partial charge < -0.3 is 15.4 Å². The monoisotopic (exact) mass is 338 g/mol. The second-order valence-electron chi connectivity index (χ2n) is 5.70. The van der Waals surface area contributed by atoms with Crippen molar-refractivity contribution in [1.29, 1.82) is 0 Å². The van der Waals surface area contributed by atoms with E-state index in [1.54, 1.807) is 19.9 Å². The number of halogens is 1. The summed E-state index contributed by atoms with van der Waals surface area (Å²) in [6.45, 7) is 3.51. The predicted molar refractivity (Wildman–Crippen MR) is 86.4 cm³/mol. The topological polar surface area (TPSA) is 84.5 Å². The van der Waals surface area contributed by atoms with Crippen LogP contribution in [0.3, 0.4) is 0 Å². The van der Waals surface area contributed by atoms with Crippen LogP contribution in [0.5, 0.6) is 0 Å². The number of ether oxygens (including phenoxy) is 1. The largest absolute Gasteiger partial charge is 0.459 e. The highest BCUT2D eigenvalue weighted by Gasteiger charge is 2.23. The Labute approximate surface area is 139 Å². The summed E-state index contributed by atoms with van der Waals surface area (Å²) in [5, 5.41) is 5.73. The molecular weight excluding hydrogens is 320 g/mol. The van der Waals surface area contributed by atoms with E-state index in [4.69, 9.17) is 16.3 Å². The number of carbonyl (C=O) groups is 3. The van der Waals surface area contributed by atoms with Crippen molar-refractivity contribution in [2.75, 3.05) is 5.32 Å². The predicted octanol–water partition coefficient (Wildman–Crippen LogP) is 2.51. The number of carbonyl (C=O) groups excluding carboxylic acids is 3. The first kappa shape index (κ1) is 17.3. The molecule has 1 saturated heterocycles. The summed E-state index contributed by atoms with van der Waals surface area (Å²) in [6, 6.07) is 4.40. The zero-order chi connectivity index (χ0) is 17.0. The first-order valence-corrected chi connectivity index (χ1v) is 7.82. The Morgan fingerprint density at radius 3 is 2.78 bits per heavy atom. The molecule has 0 aliphatic carbocycles. The minimum atomic E-state index is -0.477. The molecule has 23 heavy (non-hydrogen) atoms. The van der Waals surface area contributed by atoms with Crippen molar-refractivity contribution < 1.29 is 19.1 Å². The molecule has 2 rings (SSSR count). The lowest BCUT2D eigenvalue weighted by atomic mass is 10.1. The fraction of sp³-hybridized carbons (Fsp3) is 0.438. The van der Waals surface area contributed by atoms with Crippen LogP contribution < -0.4 is 10.6 Å². The minimum absolute atomic E-state index is 0.0424. The van der Waals surface area contributed by atoms with Gasteiger partial charge >= 0.3 is 5.97 Å². The van der Waals surface area contributed by atoms with Crippen LogP contribution in [0.2, 0.25) is 5.02 Å². The molecule has 1 aromatic carbocycles. The van der Waals surface area contributed by atoms with Crippen LogP contribution in [0, 0.1) is 0 Å². The van der Waals surface area contributed by atoms with Gasteiger partial charge in [0.1, 0.15) is 0 Å². The van der Waals surface area contributed by atoms with Crippen molar-refractivity contribution in [3.63, 3.8) is 0 Å². The molecule has 0 radical (unpaired) electrons. The average molecular weight is 339 g/mol. The molecule has 0 bridgehead atoms. The van der Waals surface area contributed by atoms with Crippen molar-refractivity contribution in [1.82, 2.24) is 5.32 Å². The molecule has 1 unspecified atom stereocenters. The van der Waals surface area contributed by atoms with Gasteiger partial charge in [0, 0.05) is 18.9 Å². The maximum absolute atomic E-state index is 12.0. The normalized spacial score (nSPS) is 17.0. The smallest absolute Gasteiger partial charge is 0.338 e. The van der Waals surface area contributed by atoms with Crippen LogP contribution in [0.25, 0.3) is 0 Å². The zero-order valence-electron chi connectivity index (χ0n) is 13.0. The van der Waals surface area contributed by atoms with Crippen molar-refractivity contribution >= 4 is 35.1 Å². The van der Waals surface area contributed by atoms with Crippen molar-refractivity contribution in [2.45, 2.75) is 45.3 Å². The van der Waals surface area contributed by atoms with E-state index in [0.29, 0.717) is 29.1 Å². The van der Waals surface area contributed by atoms with Gasteiger partial charge in [0.25, 0.3) is 0 Å². The first-order valence-electron chi connectivity index (χ1n) is 7.45. The standard InChI is InChI=1S/C16H19ClN2O4/c1-9(2)23-16(22)10-3-5-12(17)13(7-10)19-15(21)8-11-4-6-14(20)18-11/h3,5,7,9,11H,4,6,8H2,1-2H3,(H,18,20)(H,19,21). The SMILES string of the molecule is CC(C)OC(=O)c1ccc(Cl)c(NC(=O)CC2CCC(=O)N2)c1. The summed E-state index contributed by atoms with van der Waals surface area (Å²) in [4.78, 5) is 35.1. The van der Waals surface area contributed by atoms with E-state index in [0.717, 1.165) is 0 Å². The number of amides is 2. The van der Waals surface area contributed by atoms with Crippen molar-refractivity contribution in [3.05, 3.63) is 28.8 Å². The van der Waals surface area contributed by atoms with Crippen LogP contribution in [0.1, 0.15) is 43.5 Å². The van der Waals surface area contributed by atoms with Crippen molar-refractivity contribution in [3.8, 4) is 0 Å². The molecule has 0 spiro atoms. The van der Waals surface area contributed by atoms with Crippen molar-refractivity contribution in [2.24, 2.45) is 0 Å². The van der Waals surface area contributed by atoms with Gasteiger partial charge in [-0.05, 0) is 38.5 Å². The van der Waals surface area contributed by atoms with E-state index in [-0.39, 0.29) is 30.4 Å². The first-order chi connectivity index (χ1) is 10.8. The molecule has 1 atom stereocenters. The number of rotatable bonds is 5. The number of anilines is 1. The minimum Gasteiger partial charge on any atom is -0.459 e. The third-order valence-corrected chi connectivity index (χ3v) is 3.67. The maximum Gasteiger partial charge on any atom is 0.338 e. The molecule has 2 amide bonds. The number of hydrogen-bond donors (Lipinski definition) is 2. The molecule has 1 fully saturated rings. The van der Waals surface area contributed by atoms with Gasteiger partial charge in [0.05, 0.1) is 22.4 Å². The van der Waals surface area contributed by atoms with E-state index in [1.807, 2.05) is 0 Å².